The molecule has 2 aromatic rings. The van der Waals surface area contributed by atoms with Crippen LogP contribution in [0.2, 0.25) is 0 Å². The van der Waals surface area contributed by atoms with Crippen molar-refractivity contribution in [2.24, 2.45) is 0 Å². The Balaban J connectivity index is 2.00. The predicted molar refractivity (Wildman–Crippen MR) is 115 cm³/mol. The summed E-state index contributed by atoms with van der Waals surface area (Å²) < 4.78 is 84.2. The van der Waals surface area contributed by atoms with Crippen molar-refractivity contribution in [3.05, 3.63) is 46.0 Å². The van der Waals surface area contributed by atoms with Crippen molar-refractivity contribution in [3.63, 3.8) is 0 Å². The van der Waals surface area contributed by atoms with E-state index in [-0.39, 0.29) is 17.2 Å². The molecular weight excluding hydrogens is 483 g/mol. The molecule has 10 nitrogen and oxygen atoms in total. The van der Waals surface area contributed by atoms with Crippen molar-refractivity contribution < 1.29 is 40.7 Å². The van der Waals surface area contributed by atoms with Gasteiger partial charge >= 0.3 is 11.9 Å². The SMILES string of the molecule is COc1cc(S(=O)(=O)Nc2ccc(C(F)(F)F)c(O[C@@H]3CCN(C)C3)c2)c(OC)cc1[N+](=O)[O-]. The molecule has 14 heteroatoms. The first-order chi connectivity index (χ1) is 15.9. The minimum Gasteiger partial charge on any atom is -0.495 e. The van der Waals surface area contributed by atoms with Crippen LogP contribution in [0.15, 0.2) is 35.2 Å². The summed E-state index contributed by atoms with van der Waals surface area (Å²) in [6, 6.07) is 4.40. The van der Waals surface area contributed by atoms with Crippen molar-refractivity contribution in [3.8, 4) is 17.2 Å². The number of likely N-dealkylation sites (N-methyl/N-ethyl adjacent to an activating group) is 1. The molecule has 3 rings (SSSR count). The van der Waals surface area contributed by atoms with Crippen LogP contribution in [0, 0.1) is 10.1 Å². The van der Waals surface area contributed by atoms with E-state index in [4.69, 9.17) is 14.2 Å². The van der Waals surface area contributed by atoms with Gasteiger partial charge in [-0.25, -0.2) is 8.42 Å². The summed E-state index contributed by atoms with van der Waals surface area (Å²) in [6.07, 6.45) is -4.69. The highest BCUT2D eigenvalue weighted by Crippen LogP contribution is 2.40. The van der Waals surface area contributed by atoms with E-state index in [1.807, 2.05) is 11.9 Å². The summed E-state index contributed by atoms with van der Waals surface area (Å²) in [5, 5.41) is 11.2. The highest BCUT2D eigenvalue weighted by molar-refractivity contribution is 7.92. The van der Waals surface area contributed by atoms with Crippen LogP contribution in [-0.2, 0) is 16.2 Å². The maximum Gasteiger partial charge on any atom is 0.419 e. The van der Waals surface area contributed by atoms with Crippen LogP contribution in [0.25, 0.3) is 0 Å². The van der Waals surface area contributed by atoms with E-state index in [2.05, 4.69) is 4.72 Å². The van der Waals surface area contributed by atoms with Gasteiger partial charge in [0.1, 0.15) is 22.5 Å². The second kappa shape index (κ2) is 9.54. The van der Waals surface area contributed by atoms with Gasteiger partial charge in [0.25, 0.3) is 10.0 Å². The van der Waals surface area contributed by atoms with Crippen LogP contribution in [-0.4, -0.2) is 58.7 Å². The lowest BCUT2D eigenvalue weighted by Gasteiger charge is -2.20. The van der Waals surface area contributed by atoms with E-state index >= 15 is 0 Å². The molecule has 0 aromatic heterocycles. The number of alkyl halides is 3. The summed E-state index contributed by atoms with van der Waals surface area (Å²) in [7, 11) is -0.403. The predicted octanol–water partition coefficient (Wildman–Crippen LogP) is 3.51. The highest BCUT2D eigenvalue weighted by Gasteiger charge is 2.36. The van der Waals surface area contributed by atoms with E-state index < -0.39 is 49.1 Å². The summed E-state index contributed by atoms with van der Waals surface area (Å²) in [6.45, 7) is 1.08. The Kier molecular flexibility index (Phi) is 7.12. The zero-order chi connectivity index (χ0) is 25.3. The lowest BCUT2D eigenvalue weighted by atomic mass is 10.1. The van der Waals surface area contributed by atoms with Crippen LogP contribution in [0.3, 0.4) is 0 Å². The maximum atomic E-state index is 13.5. The summed E-state index contributed by atoms with van der Waals surface area (Å²) in [5.41, 5.74) is -1.77. The second-order valence-corrected chi connectivity index (χ2v) is 9.19. The summed E-state index contributed by atoms with van der Waals surface area (Å²) in [5.74, 6) is -1.20. The Morgan fingerprint density at radius 1 is 1.12 bits per heavy atom. The molecule has 0 radical (unpaired) electrons. The Morgan fingerprint density at radius 3 is 2.32 bits per heavy atom. The van der Waals surface area contributed by atoms with Crippen LogP contribution >= 0.6 is 0 Å². The Morgan fingerprint density at radius 2 is 1.79 bits per heavy atom. The first-order valence-electron chi connectivity index (χ1n) is 9.85. The molecular formula is C20H22F3N3O7S. The molecule has 1 saturated heterocycles. The number of benzene rings is 2. The van der Waals surface area contributed by atoms with Gasteiger partial charge in [-0.3, -0.25) is 14.8 Å². The van der Waals surface area contributed by atoms with Crippen LogP contribution < -0.4 is 18.9 Å². The number of nitro benzene ring substituents is 1. The Hall–Kier alpha value is -3.26. The number of sulfonamides is 1. The van der Waals surface area contributed by atoms with Crippen LogP contribution in [0.5, 0.6) is 17.2 Å². The lowest BCUT2D eigenvalue weighted by molar-refractivity contribution is -0.385. The minimum absolute atomic E-state index is 0.200. The number of rotatable bonds is 8. The zero-order valence-electron chi connectivity index (χ0n) is 18.4. The number of hydrogen-bond donors (Lipinski definition) is 1. The third-order valence-electron chi connectivity index (χ3n) is 5.13. The number of nitrogens with zero attached hydrogens (tertiary/aromatic N) is 2. The van der Waals surface area contributed by atoms with E-state index in [1.54, 1.807) is 0 Å². The summed E-state index contributed by atoms with van der Waals surface area (Å²) in [4.78, 5) is 11.8. The number of methoxy groups -OCH3 is 2. The quantitative estimate of drug-likeness (QED) is 0.428. The van der Waals surface area contributed by atoms with Gasteiger partial charge in [0.15, 0.2) is 5.75 Å². The Labute approximate surface area is 193 Å². The molecule has 1 aliphatic rings. The van der Waals surface area contributed by atoms with Gasteiger partial charge in [-0.2, -0.15) is 13.2 Å². The first kappa shape index (κ1) is 25.4. The highest BCUT2D eigenvalue weighted by atomic mass is 32.2. The third kappa shape index (κ3) is 5.44. The number of likely N-dealkylation sites (tertiary alicyclic amines) is 1. The molecule has 1 aliphatic heterocycles. The normalized spacial score (nSPS) is 16.8. The van der Waals surface area contributed by atoms with E-state index in [9.17, 15) is 31.7 Å². The molecule has 1 heterocycles. The number of halogens is 3. The fourth-order valence-electron chi connectivity index (χ4n) is 3.50. The molecule has 0 bridgehead atoms. The molecule has 0 amide bonds. The number of nitrogens with one attached hydrogen (secondary N) is 1. The summed E-state index contributed by atoms with van der Waals surface area (Å²) >= 11 is 0. The van der Waals surface area contributed by atoms with Crippen LogP contribution in [0.1, 0.15) is 12.0 Å². The molecule has 1 atom stereocenters. The standard InChI is InChI=1S/C20H22F3N3O7S/c1-25-7-6-13(11-25)33-16-8-12(4-5-14(16)20(21,22)23)24-34(29,30)19-10-17(31-2)15(26(27)28)9-18(19)32-3/h4-5,8-10,13,24H,6-7,11H2,1-3H3/t13-/m1/s1. The lowest BCUT2D eigenvalue weighted by Crippen LogP contribution is -2.23. The average molecular weight is 505 g/mol. The molecule has 0 unspecified atom stereocenters. The molecule has 0 aliphatic carbocycles. The average Bonchev–Trinajstić information content (AvgIpc) is 3.16. The molecule has 1 N–H and O–H groups in total. The van der Waals surface area contributed by atoms with E-state index in [1.165, 1.54) is 0 Å². The second-order valence-electron chi connectivity index (χ2n) is 7.54. The molecule has 186 valence electrons. The fourth-order valence-corrected chi connectivity index (χ4v) is 4.72. The largest absolute Gasteiger partial charge is 0.495 e. The van der Waals surface area contributed by atoms with Crippen molar-refractivity contribution in [2.75, 3.05) is 39.1 Å². The maximum absolute atomic E-state index is 13.5. The fraction of sp³-hybridized carbons (Fsp3) is 0.400. The van der Waals surface area contributed by atoms with Gasteiger partial charge in [0, 0.05) is 25.2 Å². The van der Waals surface area contributed by atoms with Crippen molar-refractivity contribution in [1.82, 2.24) is 4.90 Å². The smallest absolute Gasteiger partial charge is 0.419 e. The third-order valence-corrected chi connectivity index (χ3v) is 6.53. The number of hydrogen-bond acceptors (Lipinski definition) is 8. The molecule has 34 heavy (non-hydrogen) atoms. The van der Waals surface area contributed by atoms with Gasteiger partial charge in [-0.1, -0.05) is 0 Å². The molecule has 0 spiro atoms. The monoisotopic (exact) mass is 505 g/mol. The van der Waals surface area contributed by atoms with Crippen molar-refractivity contribution in [1.29, 1.82) is 0 Å². The minimum atomic E-state index is -4.72. The number of nitro groups is 1. The van der Waals surface area contributed by atoms with Crippen molar-refractivity contribution in [2.45, 2.75) is 23.6 Å². The molecule has 1 fully saturated rings. The van der Waals surface area contributed by atoms with Gasteiger partial charge in [-0.15, -0.1) is 0 Å². The first-order valence-corrected chi connectivity index (χ1v) is 11.3. The van der Waals surface area contributed by atoms with Crippen LogP contribution in [0.4, 0.5) is 24.5 Å². The van der Waals surface area contributed by atoms with Gasteiger partial charge in [0.2, 0.25) is 0 Å². The Bertz CT molecular complexity index is 1190. The van der Waals surface area contributed by atoms with E-state index in [0.717, 1.165) is 44.6 Å². The molecule has 2 aromatic carbocycles. The molecule has 0 saturated carbocycles. The van der Waals surface area contributed by atoms with Gasteiger partial charge < -0.3 is 19.1 Å². The van der Waals surface area contributed by atoms with Gasteiger partial charge in [0.05, 0.1) is 36.5 Å². The zero-order valence-corrected chi connectivity index (χ0v) is 19.2. The number of ether oxygens (including phenoxy) is 3. The topological polar surface area (TPSA) is 120 Å². The number of anilines is 1. The van der Waals surface area contributed by atoms with Gasteiger partial charge in [-0.05, 0) is 25.6 Å². The van der Waals surface area contributed by atoms with Crippen molar-refractivity contribution >= 4 is 21.4 Å². The van der Waals surface area contributed by atoms with E-state index in [0.29, 0.717) is 19.5 Å².